The van der Waals surface area contributed by atoms with Gasteiger partial charge in [0.25, 0.3) is 0 Å². The van der Waals surface area contributed by atoms with Crippen LogP contribution in [-0.4, -0.2) is 37.6 Å². The Morgan fingerprint density at radius 2 is 1.35 bits per heavy atom. The molecule has 1 aromatic rings. The molecule has 0 fully saturated rings. The average Bonchev–Trinajstić information content (AvgIpc) is 2.90. The molecular weight excluding hydrogens is 496 g/mol. The van der Waals surface area contributed by atoms with Crippen molar-refractivity contribution < 1.29 is 18.9 Å². The number of unbranched alkanes of at least 4 members (excludes halogenated alkanes) is 3. The zero-order valence-electron chi connectivity index (χ0n) is 26.6. The van der Waals surface area contributed by atoms with Crippen LogP contribution in [0.15, 0.2) is 48.6 Å². The molecule has 4 heteroatoms. The monoisotopic (exact) mass is 556 g/mol. The zero-order chi connectivity index (χ0) is 28.9. The van der Waals surface area contributed by atoms with Gasteiger partial charge < -0.3 is 18.9 Å². The minimum atomic E-state index is -0.213. The van der Waals surface area contributed by atoms with Gasteiger partial charge in [0.2, 0.25) is 0 Å². The summed E-state index contributed by atoms with van der Waals surface area (Å²) in [6.07, 6.45) is 23.1. The molecular formula is C36H60O4. The second-order valence-electron chi connectivity index (χ2n) is 12.7. The lowest BCUT2D eigenvalue weighted by Crippen LogP contribution is -2.32. The Labute approximate surface area is 246 Å². The van der Waals surface area contributed by atoms with Gasteiger partial charge in [-0.3, -0.25) is 0 Å². The van der Waals surface area contributed by atoms with Gasteiger partial charge in [-0.15, -0.1) is 0 Å². The van der Waals surface area contributed by atoms with E-state index in [9.17, 15) is 0 Å². The first-order chi connectivity index (χ1) is 19.3. The lowest BCUT2D eigenvalue weighted by atomic mass is 9.94. The SMILES string of the molecule is CCCC=CCCCCOCc1ccc(COCCC(C)(C)OCCC(C)(C)OCC2CCC=CCCC2)cc1. The molecule has 4 nitrogen and oxygen atoms in total. The van der Waals surface area contributed by atoms with E-state index in [0.717, 1.165) is 38.9 Å². The summed E-state index contributed by atoms with van der Waals surface area (Å²) in [5.74, 6) is 0.682. The van der Waals surface area contributed by atoms with Crippen LogP contribution in [-0.2, 0) is 32.2 Å². The Bertz CT molecular complexity index is 809. The van der Waals surface area contributed by atoms with E-state index in [4.69, 9.17) is 18.9 Å². The van der Waals surface area contributed by atoms with Crippen LogP contribution in [0.3, 0.4) is 0 Å². The average molecular weight is 557 g/mol. The minimum absolute atomic E-state index is 0.159. The molecule has 0 saturated carbocycles. The molecule has 1 unspecified atom stereocenters. The first kappa shape index (κ1) is 34.7. The maximum absolute atomic E-state index is 6.35. The smallest absolute Gasteiger partial charge is 0.0716 e. The van der Waals surface area contributed by atoms with Crippen molar-refractivity contribution >= 4 is 0 Å². The maximum Gasteiger partial charge on any atom is 0.0716 e. The third-order valence-electron chi connectivity index (χ3n) is 7.74. The summed E-state index contributed by atoms with van der Waals surface area (Å²) in [6, 6.07) is 8.59. The van der Waals surface area contributed by atoms with Gasteiger partial charge >= 0.3 is 0 Å². The Kier molecular flexibility index (Phi) is 17.7. The van der Waals surface area contributed by atoms with Crippen molar-refractivity contribution in [1.29, 1.82) is 0 Å². The fourth-order valence-corrected chi connectivity index (χ4v) is 4.76. The molecule has 0 aliphatic heterocycles. The lowest BCUT2D eigenvalue weighted by molar-refractivity contribution is -0.0879. The predicted molar refractivity (Wildman–Crippen MR) is 169 cm³/mol. The largest absolute Gasteiger partial charge is 0.377 e. The molecule has 0 heterocycles. The highest BCUT2D eigenvalue weighted by atomic mass is 16.5. The van der Waals surface area contributed by atoms with E-state index >= 15 is 0 Å². The van der Waals surface area contributed by atoms with E-state index in [0.29, 0.717) is 32.3 Å². The van der Waals surface area contributed by atoms with Crippen molar-refractivity contribution in [2.45, 2.75) is 136 Å². The van der Waals surface area contributed by atoms with E-state index in [1.54, 1.807) is 0 Å². The summed E-state index contributed by atoms with van der Waals surface area (Å²) in [7, 11) is 0. The maximum atomic E-state index is 6.35. The fourth-order valence-electron chi connectivity index (χ4n) is 4.76. The first-order valence-corrected chi connectivity index (χ1v) is 16.1. The number of allylic oxidation sites excluding steroid dienone is 4. The Morgan fingerprint density at radius 3 is 2.08 bits per heavy atom. The van der Waals surface area contributed by atoms with Gasteiger partial charge in [0.1, 0.15) is 0 Å². The van der Waals surface area contributed by atoms with E-state index in [2.05, 4.69) is 83.2 Å². The summed E-state index contributed by atoms with van der Waals surface area (Å²) in [5.41, 5.74) is 2.04. The third-order valence-corrected chi connectivity index (χ3v) is 7.74. The summed E-state index contributed by atoms with van der Waals surface area (Å²) < 4.78 is 24.4. The normalized spacial score (nSPS) is 16.9. The van der Waals surface area contributed by atoms with Crippen molar-refractivity contribution in [3.05, 3.63) is 59.7 Å². The van der Waals surface area contributed by atoms with E-state index in [1.807, 2.05) is 0 Å². The molecule has 0 aromatic heterocycles. The zero-order valence-corrected chi connectivity index (χ0v) is 26.6. The van der Waals surface area contributed by atoms with Crippen molar-refractivity contribution in [1.82, 2.24) is 0 Å². The van der Waals surface area contributed by atoms with Gasteiger partial charge in [0.05, 0.1) is 37.6 Å². The number of hydrogen-bond acceptors (Lipinski definition) is 4. The molecule has 1 atom stereocenters. The number of ether oxygens (including phenoxy) is 4. The standard InChI is InChI=1S/C36H60O4/c1-6-7-8-9-10-14-17-26-37-29-33-20-22-34(23-21-33)30-38-27-24-35(2,3)39-28-25-36(4,5)40-31-32-18-15-12-11-13-16-19-32/h8-9,11-12,20-23,32H,6-7,10,13-19,24-31H2,1-5H3. The van der Waals surface area contributed by atoms with Crippen LogP contribution in [0.25, 0.3) is 0 Å². The van der Waals surface area contributed by atoms with Gasteiger partial charge in [0, 0.05) is 13.2 Å². The molecule has 1 aromatic carbocycles. The highest BCUT2D eigenvalue weighted by molar-refractivity contribution is 5.21. The number of rotatable bonds is 21. The lowest BCUT2D eigenvalue weighted by Gasteiger charge is -2.31. The van der Waals surface area contributed by atoms with Crippen LogP contribution in [0.5, 0.6) is 0 Å². The molecule has 2 rings (SSSR count). The van der Waals surface area contributed by atoms with Crippen LogP contribution in [0.2, 0.25) is 0 Å². The van der Waals surface area contributed by atoms with Crippen molar-refractivity contribution in [3.8, 4) is 0 Å². The summed E-state index contributed by atoms with van der Waals surface area (Å²) in [4.78, 5) is 0. The van der Waals surface area contributed by atoms with E-state index in [-0.39, 0.29) is 11.2 Å². The van der Waals surface area contributed by atoms with Gasteiger partial charge in [-0.1, -0.05) is 61.9 Å². The van der Waals surface area contributed by atoms with E-state index < -0.39 is 0 Å². The highest BCUT2D eigenvalue weighted by Crippen LogP contribution is 2.24. The second-order valence-corrected chi connectivity index (χ2v) is 12.7. The predicted octanol–water partition coefficient (Wildman–Crippen LogP) is 9.75. The molecule has 0 spiro atoms. The Hall–Kier alpha value is -1.46. The summed E-state index contributed by atoms with van der Waals surface area (Å²) >= 11 is 0. The molecule has 40 heavy (non-hydrogen) atoms. The molecule has 228 valence electrons. The Morgan fingerprint density at radius 1 is 0.725 bits per heavy atom. The van der Waals surface area contributed by atoms with Crippen LogP contribution < -0.4 is 0 Å². The van der Waals surface area contributed by atoms with Crippen LogP contribution >= 0.6 is 0 Å². The topological polar surface area (TPSA) is 36.9 Å². The van der Waals surface area contributed by atoms with Crippen LogP contribution in [0.1, 0.15) is 123 Å². The van der Waals surface area contributed by atoms with Crippen molar-refractivity contribution in [3.63, 3.8) is 0 Å². The van der Waals surface area contributed by atoms with Crippen molar-refractivity contribution in [2.75, 3.05) is 26.4 Å². The molecule has 0 N–H and O–H groups in total. The van der Waals surface area contributed by atoms with Gasteiger partial charge in [0.15, 0.2) is 0 Å². The Balaban J connectivity index is 1.53. The summed E-state index contributed by atoms with van der Waals surface area (Å²) in [5, 5.41) is 0. The molecule has 0 bridgehead atoms. The molecule has 1 aliphatic rings. The quantitative estimate of drug-likeness (QED) is 0.112. The fraction of sp³-hybridized carbons (Fsp3) is 0.722. The minimum Gasteiger partial charge on any atom is -0.377 e. The van der Waals surface area contributed by atoms with Gasteiger partial charge in [-0.05, 0) is 115 Å². The molecule has 0 amide bonds. The molecule has 0 radical (unpaired) electrons. The van der Waals surface area contributed by atoms with Crippen LogP contribution in [0, 0.1) is 5.92 Å². The second kappa shape index (κ2) is 20.4. The number of hydrogen-bond donors (Lipinski definition) is 0. The van der Waals surface area contributed by atoms with E-state index in [1.165, 1.54) is 62.5 Å². The number of benzene rings is 1. The van der Waals surface area contributed by atoms with Crippen molar-refractivity contribution in [2.24, 2.45) is 5.92 Å². The van der Waals surface area contributed by atoms with Crippen LogP contribution in [0.4, 0.5) is 0 Å². The first-order valence-electron chi connectivity index (χ1n) is 16.1. The molecule has 1 aliphatic carbocycles. The highest BCUT2D eigenvalue weighted by Gasteiger charge is 2.24. The third kappa shape index (κ3) is 17.4. The molecule has 0 saturated heterocycles. The summed E-state index contributed by atoms with van der Waals surface area (Å²) in [6.45, 7) is 15.3. The van der Waals surface area contributed by atoms with Gasteiger partial charge in [-0.25, -0.2) is 0 Å². The van der Waals surface area contributed by atoms with Gasteiger partial charge in [-0.2, -0.15) is 0 Å².